The summed E-state index contributed by atoms with van der Waals surface area (Å²) in [4.78, 5) is 15.8. The van der Waals surface area contributed by atoms with Crippen LogP contribution in [0.4, 0.5) is 20.3 Å². The highest BCUT2D eigenvalue weighted by Crippen LogP contribution is 2.20. The third-order valence-corrected chi connectivity index (χ3v) is 2.89. The van der Waals surface area contributed by atoms with Crippen LogP contribution in [0.2, 0.25) is 0 Å². The molecule has 0 saturated carbocycles. The molecule has 0 spiro atoms. The lowest BCUT2D eigenvalue weighted by molar-refractivity contribution is 0.102. The normalized spacial score (nSPS) is 10.2. The smallest absolute Gasteiger partial charge is 0.257 e. The minimum atomic E-state index is -0.957. The van der Waals surface area contributed by atoms with E-state index in [1.165, 1.54) is 6.20 Å². The zero-order valence-electron chi connectivity index (χ0n) is 9.95. The van der Waals surface area contributed by atoms with E-state index in [2.05, 4.69) is 26.2 Å². The van der Waals surface area contributed by atoms with E-state index >= 15 is 0 Å². The standard InChI is InChI=1S/C12H9BrF2N4O/c13-7-1-2-10(17-5-7)18-12(20)6-3-8(14)11(19-16)9(15)4-6/h1-5,19H,16H2,(H,17,18,20). The van der Waals surface area contributed by atoms with Crippen LogP contribution in [0.25, 0.3) is 0 Å². The Morgan fingerprint density at radius 3 is 2.40 bits per heavy atom. The summed E-state index contributed by atoms with van der Waals surface area (Å²) < 4.78 is 27.7. The summed E-state index contributed by atoms with van der Waals surface area (Å²) in [6, 6.07) is 4.98. The van der Waals surface area contributed by atoms with E-state index in [0.29, 0.717) is 0 Å². The summed E-state index contributed by atoms with van der Waals surface area (Å²) in [5.41, 5.74) is 1.21. The molecule has 0 atom stereocenters. The molecular weight excluding hydrogens is 334 g/mol. The van der Waals surface area contributed by atoms with Gasteiger partial charge in [-0.3, -0.25) is 10.6 Å². The van der Waals surface area contributed by atoms with Gasteiger partial charge in [0.15, 0.2) is 11.6 Å². The van der Waals surface area contributed by atoms with Gasteiger partial charge in [0.05, 0.1) is 0 Å². The molecule has 0 aliphatic heterocycles. The van der Waals surface area contributed by atoms with Crippen LogP contribution in [0.3, 0.4) is 0 Å². The molecule has 1 aromatic heterocycles. The van der Waals surface area contributed by atoms with Gasteiger partial charge in [0.1, 0.15) is 11.5 Å². The number of nitrogen functional groups attached to an aromatic ring is 1. The van der Waals surface area contributed by atoms with E-state index in [9.17, 15) is 13.6 Å². The minimum Gasteiger partial charge on any atom is -0.319 e. The lowest BCUT2D eigenvalue weighted by atomic mass is 10.1. The molecule has 1 amide bonds. The third kappa shape index (κ3) is 3.09. The van der Waals surface area contributed by atoms with Crippen molar-refractivity contribution < 1.29 is 13.6 Å². The molecule has 1 heterocycles. The topological polar surface area (TPSA) is 80.0 Å². The summed E-state index contributed by atoms with van der Waals surface area (Å²) in [5, 5.41) is 2.42. The maximum absolute atomic E-state index is 13.5. The van der Waals surface area contributed by atoms with Gasteiger partial charge in [-0.15, -0.1) is 0 Å². The number of nitrogens with one attached hydrogen (secondary N) is 2. The number of hydrazine groups is 1. The molecule has 8 heteroatoms. The van der Waals surface area contributed by atoms with Crippen molar-refractivity contribution in [2.45, 2.75) is 0 Å². The molecule has 0 unspecified atom stereocenters. The van der Waals surface area contributed by atoms with E-state index in [0.717, 1.165) is 16.6 Å². The third-order valence-electron chi connectivity index (χ3n) is 2.42. The molecule has 20 heavy (non-hydrogen) atoms. The second-order valence-electron chi connectivity index (χ2n) is 3.78. The number of carbonyl (C=O) groups excluding carboxylic acids is 1. The van der Waals surface area contributed by atoms with Gasteiger partial charge < -0.3 is 10.7 Å². The summed E-state index contributed by atoms with van der Waals surface area (Å²) in [6.45, 7) is 0. The van der Waals surface area contributed by atoms with Gasteiger partial charge in [0.2, 0.25) is 0 Å². The minimum absolute atomic E-state index is 0.177. The molecule has 0 aliphatic rings. The van der Waals surface area contributed by atoms with Crippen LogP contribution in [-0.2, 0) is 0 Å². The van der Waals surface area contributed by atoms with Crippen molar-refractivity contribution in [3.05, 3.63) is 52.1 Å². The summed E-state index contributed by atoms with van der Waals surface area (Å²) in [6.07, 6.45) is 1.48. The second kappa shape index (κ2) is 5.93. The fraction of sp³-hybridized carbons (Fsp3) is 0. The Balaban J connectivity index is 2.23. The van der Waals surface area contributed by atoms with Crippen molar-refractivity contribution in [1.29, 1.82) is 0 Å². The highest BCUT2D eigenvalue weighted by Gasteiger charge is 2.15. The maximum Gasteiger partial charge on any atom is 0.257 e. The molecular formula is C12H9BrF2N4O. The predicted octanol–water partition coefficient (Wildman–Crippen LogP) is 2.66. The average molecular weight is 343 g/mol. The van der Waals surface area contributed by atoms with Crippen LogP contribution < -0.4 is 16.6 Å². The van der Waals surface area contributed by atoms with E-state index in [-0.39, 0.29) is 11.4 Å². The predicted molar refractivity (Wildman–Crippen MR) is 74.1 cm³/mol. The number of aromatic nitrogens is 1. The monoisotopic (exact) mass is 342 g/mol. The molecule has 0 fully saturated rings. The number of nitrogens with two attached hydrogens (primary N) is 1. The molecule has 104 valence electrons. The number of hydrogen-bond acceptors (Lipinski definition) is 4. The number of amides is 1. The van der Waals surface area contributed by atoms with Crippen molar-refractivity contribution in [1.82, 2.24) is 4.98 Å². The van der Waals surface area contributed by atoms with Gasteiger partial charge in [-0.25, -0.2) is 13.8 Å². The molecule has 0 bridgehead atoms. The van der Waals surface area contributed by atoms with Gasteiger partial charge in [-0.2, -0.15) is 0 Å². The first-order chi connectivity index (χ1) is 9.51. The van der Waals surface area contributed by atoms with Gasteiger partial charge >= 0.3 is 0 Å². The molecule has 0 aliphatic carbocycles. The van der Waals surface area contributed by atoms with Gasteiger partial charge in [-0.05, 0) is 40.2 Å². The zero-order valence-corrected chi connectivity index (χ0v) is 11.5. The second-order valence-corrected chi connectivity index (χ2v) is 4.69. The van der Waals surface area contributed by atoms with Crippen LogP contribution in [0.5, 0.6) is 0 Å². The maximum atomic E-state index is 13.5. The Labute approximate surface area is 121 Å². The summed E-state index contributed by atoms with van der Waals surface area (Å²) in [5.74, 6) is 2.64. The highest BCUT2D eigenvalue weighted by molar-refractivity contribution is 9.10. The highest BCUT2D eigenvalue weighted by atomic mass is 79.9. The number of pyridine rings is 1. The fourth-order valence-electron chi connectivity index (χ4n) is 1.48. The van der Waals surface area contributed by atoms with Gasteiger partial charge in [0.25, 0.3) is 5.91 Å². The lowest BCUT2D eigenvalue weighted by Crippen LogP contribution is -2.16. The van der Waals surface area contributed by atoms with Crippen molar-refractivity contribution in [2.24, 2.45) is 5.84 Å². The number of nitrogens with zero attached hydrogens (tertiary/aromatic N) is 1. The summed E-state index contributed by atoms with van der Waals surface area (Å²) in [7, 11) is 0. The molecule has 0 radical (unpaired) electrons. The van der Waals surface area contributed by atoms with Gasteiger partial charge in [-0.1, -0.05) is 0 Å². The van der Waals surface area contributed by atoms with Crippen LogP contribution in [0.1, 0.15) is 10.4 Å². The van der Waals surface area contributed by atoms with Crippen LogP contribution in [0.15, 0.2) is 34.9 Å². The summed E-state index contributed by atoms with van der Waals surface area (Å²) >= 11 is 3.20. The quantitative estimate of drug-likeness (QED) is 0.591. The SMILES string of the molecule is NNc1c(F)cc(C(=O)Nc2ccc(Br)cn2)cc1F. The molecule has 5 nitrogen and oxygen atoms in total. The lowest BCUT2D eigenvalue weighted by Gasteiger charge is -2.08. The Hall–Kier alpha value is -2.06. The van der Waals surface area contributed by atoms with E-state index in [4.69, 9.17) is 5.84 Å². The number of anilines is 2. The van der Waals surface area contributed by atoms with Crippen LogP contribution in [0, 0.1) is 11.6 Å². The van der Waals surface area contributed by atoms with Crippen molar-refractivity contribution in [2.75, 3.05) is 10.7 Å². The Morgan fingerprint density at radius 1 is 1.25 bits per heavy atom. The Morgan fingerprint density at radius 2 is 1.90 bits per heavy atom. The molecule has 2 rings (SSSR count). The van der Waals surface area contributed by atoms with E-state index in [1.807, 2.05) is 5.43 Å². The molecule has 4 N–H and O–H groups in total. The van der Waals surface area contributed by atoms with Crippen molar-refractivity contribution in [3.63, 3.8) is 0 Å². The Bertz CT molecular complexity index is 625. The average Bonchev–Trinajstić information content (AvgIpc) is 2.41. The number of halogens is 3. The van der Waals surface area contributed by atoms with E-state index < -0.39 is 23.2 Å². The number of hydrogen-bond donors (Lipinski definition) is 3. The zero-order chi connectivity index (χ0) is 14.7. The van der Waals surface area contributed by atoms with Gasteiger partial charge in [0, 0.05) is 16.2 Å². The van der Waals surface area contributed by atoms with Crippen molar-refractivity contribution >= 4 is 33.3 Å². The van der Waals surface area contributed by atoms with Crippen molar-refractivity contribution in [3.8, 4) is 0 Å². The first kappa shape index (κ1) is 14.4. The molecule has 2 aromatic rings. The molecule has 0 saturated heterocycles. The Kier molecular flexibility index (Phi) is 4.26. The molecule has 1 aromatic carbocycles. The number of rotatable bonds is 3. The van der Waals surface area contributed by atoms with E-state index in [1.54, 1.807) is 12.1 Å². The van der Waals surface area contributed by atoms with Crippen LogP contribution in [-0.4, -0.2) is 10.9 Å². The number of benzene rings is 1. The van der Waals surface area contributed by atoms with Crippen LogP contribution >= 0.6 is 15.9 Å². The largest absolute Gasteiger partial charge is 0.319 e. The first-order valence-electron chi connectivity index (χ1n) is 5.40. The fourth-order valence-corrected chi connectivity index (χ4v) is 1.71. The first-order valence-corrected chi connectivity index (χ1v) is 6.19. The number of carbonyl (C=O) groups is 1.